The van der Waals surface area contributed by atoms with Crippen molar-refractivity contribution in [3.05, 3.63) is 40.3 Å². The summed E-state index contributed by atoms with van der Waals surface area (Å²) in [7, 11) is 0. The van der Waals surface area contributed by atoms with Crippen LogP contribution in [0.5, 0.6) is 5.75 Å². The molecule has 1 aliphatic carbocycles. The Bertz CT molecular complexity index is 775. The number of thioether (sulfide) groups is 1. The van der Waals surface area contributed by atoms with E-state index in [0.29, 0.717) is 10.6 Å². The van der Waals surface area contributed by atoms with Gasteiger partial charge >= 0.3 is 0 Å². The van der Waals surface area contributed by atoms with Crippen molar-refractivity contribution < 1.29 is 9.90 Å². The predicted octanol–water partition coefficient (Wildman–Crippen LogP) is 3.93. The number of hydrogen-bond donors (Lipinski definition) is 2. The van der Waals surface area contributed by atoms with Crippen molar-refractivity contribution in [2.45, 2.75) is 36.3 Å². The van der Waals surface area contributed by atoms with Gasteiger partial charge in [0.1, 0.15) is 16.8 Å². The first kappa shape index (κ1) is 15.9. The van der Waals surface area contributed by atoms with Crippen LogP contribution in [0.3, 0.4) is 0 Å². The van der Waals surface area contributed by atoms with Gasteiger partial charge in [0, 0.05) is 9.77 Å². The Morgan fingerprint density at radius 1 is 1.39 bits per heavy atom. The molecule has 3 rings (SSSR count). The Kier molecular flexibility index (Phi) is 4.60. The molecular formula is C17H16N2O2S2. The first-order chi connectivity index (χ1) is 11.1. The predicted molar refractivity (Wildman–Crippen MR) is 93.1 cm³/mol. The van der Waals surface area contributed by atoms with E-state index in [1.165, 1.54) is 28.0 Å². The van der Waals surface area contributed by atoms with Gasteiger partial charge in [-0.05, 0) is 56.0 Å². The van der Waals surface area contributed by atoms with E-state index in [2.05, 4.69) is 11.4 Å². The van der Waals surface area contributed by atoms with Crippen molar-refractivity contribution in [1.82, 2.24) is 0 Å². The fourth-order valence-electron chi connectivity index (χ4n) is 2.61. The lowest BCUT2D eigenvalue weighted by molar-refractivity contribution is -0.115. The summed E-state index contributed by atoms with van der Waals surface area (Å²) in [6, 6.07) is 9.00. The number of anilines is 1. The van der Waals surface area contributed by atoms with E-state index in [1.807, 2.05) is 6.92 Å². The van der Waals surface area contributed by atoms with Gasteiger partial charge in [0.2, 0.25) is 5.91 Å². The van der Waals surface area contributed by atoms with E-state index in [4.69, 9.17) is 0 Å². The third kappa shape index (κ3) is 3.36. The Hall–Kier alpha value is -1.97. The maximum atomic E-state index is 12.4. The monoisotopic (exact) mass is 344 g/mol. The average Bonchev–Trinajstić information content (AvgIpc) is 3.09. The molecule has 1 heterocycles. The highest BCUT2D eigenvalue weighted by atomic mass is 32.2. The molecule has 1 aromatic heterocycles. The number of phenols is 1. The van der Waals surface area contributed by atoms with E-state index >= 15 is 0 Å². The Morgan fingerprint density at radius 2 is 2.13 bits per heavy atom. The number of carbonyl (C=O) groups excluding carboxylic acids is 1. The highest BCUT2D eigenvalue weighted by Gasteiger charge is 2.24. The number of aromatic hydroxyl groups is 1. The van der Waals surface area contributed by atoms with Crippen LogP contribution in [0, 0.1) is 11.3 Å². The molecule has 1 aliphatic rings. The van der Waals surface area contributed by atoms with Crippen molar-refractivity contribution in [3.8, 4) is 11.8 Å². The Labute approximate surface area is 143 Å². The Balaban J connectivity index is 1.69. The SMILES string of the molecule is C[C@H](Sc1ccc(O)cc1)C(=O)Nc1sc2c(c1C#N)CCC2. The quantitative estimate of drug-likeness (QED) is 0.824. The molecule has 118 valence electrons. The highest BCUT2D eigenvalue weighted by molar-refractivity contribution is 8.00. The summed E-state index contributed by atoms with van der Waals surface area (Å²) in [4.78, 5) is 14.5. The van der Waals surface area contributed by atoms with Crippen molar-refractivity contribution in [2.75, 3.05) is 5.32 Å². The molecular weight excluding hydrogens is 328 g/mol. The molecule has 0 aliphatic heterocycles. The number of nitrogens with one attached hydrogen (secondary N) is 1. The number of fused-ring (bicyclic) bond motifs is 1. The molecule has 0 saturated carbocycles. The molecule has 0 unspecified atom stereocenters. The van der Waals surface area contributed by atoms with E-state index in [9.17, 15) is 15.2 Å². The van der Waals surface area contributed by atoms with Gasteiger partial charge in [-0.25, -0.2) is 0 Å². The second-order valence-electron chi connectivity index (χ2n) is 5.42. The second-order valence-corrected chi connectivity index (χ2v) is 7.94. The average molecular weight is 344 g/mol. The molecule has 0 saturated heterocycles. The van der Waals surface area contributed by atoms with Gasteiger partial charge in [0.15, 0.2) is 0 Å². The molecule has 1 amide bonds. The van der Waals surface area contributed by atoms with Crippen LogP contribution in [0.2, 0.25) is 0 Å². The van der Waals surface area contributed by atoms with Crippen molar-refractivity contribution in [1.29, 1.82) is 5.26 Å². The van der Waals surface area contributed by atoms with Crippen LogP contribution >= 0.6 is 23.1 Å². The lowest BCUT2D eigenvalue weighted by atomic mass is 10.1. The minimum Gasteiger partial charge on any atom is -0.508 e. The van der Waals surface area contributed by atoms with Crippen molar-refractivity contribution in [2.24, 2.45) is 0 Å². The van der Waals surface area contributed by atoms with Crippen LogP contribution < -0.4 is 5.32 Å². The molecule has 2 aromatic rings. The summed E-state index contributed by atoms with van der Waals surface area (Å²) in [6.07, 6.45) is 3.03. The van der Waals surface area contributed by atoms with Gasteiger partial charge in [-0.2, -0.15) is 5.26 Å². The van der Waals surface area contributed by atoms with Gasteiger partial charge < -0.3 is 10.4 Å². The van der Waals surface area contributed by atoms with Gasteiger partial charge in [-0.15, -0.1) is 23.1 Å². The summed E-state index contributed by atoms with van der Waals surface area (Å²) >= 11 is 2.95. The molecule has 0 fully saturated rings. The number of nitrogens with zero attached hydrogens (tertiary/aromatic N) is 1. The van der Waals surface area contributed by atoms with Crippen LogP contribution in [0.15, 0.2) is 29.2 Å². The molecule has 0 spiro atoms. The molecule has 0 radical (unpaired) electrons. The first-order valence-electron chi connectivity index (χ1n) is 7.39. The van der Waals surface area contributed by atoms with E-state index in [1.54, 1.807) is 24.3 Å². The number of carbonyl (C=O) groups is 1. The maximum absolute atomic E-state index is 12.4. The third-order valence-corrected chi connectivity index (χ3v) is 6.11. The molecule has 1 atom stereocenters. The number of aryl methyl sites for hydroxylation is 1. The molecule has 0 bridgehead atoms. The number of nitriles is 1. The third-order valence-electron chi connectivity index (χ3n) is 3.79. The maximum Gasteiger partial charge on any atom is 0.238 e. The van der Waals surface area contributed by atoms with E-state index in [0.717, 1.165) is 29.7 Å². The summed E-state index contributed by atoms with van der Waals surface area (Å²) in [6.45, 7) is 1.83. The summed E-state index contributed by atoms with van der Waals surface area (Å²) in [5.41, 5.74) is 1.75. The topological polar surface area (TPSA) is 73.1 Å². The minimum absolute atomic E-state index is 0.112. The zero-order chi connectivity index (χ0) is 16.4. The van der Waals surface area contributed by atoms with Crippen molar-refractivity contribution >= 4 is 34.0 Å². The van der Waals surface area contributed by atoms with Gasteiger partial charge in [0.25, 0.3) is 0 Å². The number of thiophene rings is 1. The van der Waals surface area contributed by atoms with Gasteiger partial charge in [-0.1, -0.05) is 0 Å². The second kappa shape index (κ2) is 6.65. The smallest absolute Gasteiger partial charge is 0.238 e. The number of amides is 1. The van der Waals surface area contributed by atoms with Gasteiger partial charge in [-0.3, -0.25) is 4.79 Å². The van der Waals surface area contributed by atoms with Crippen LogP contribution in [0.25, 0.3) is 0 Å². The van der Waals surface area contributed by atoms with Crippen LogP contribution in [-0.2, 0) is 17.6 Å². The summed E-state index contributed by atoms with van der Waals surface area (Å²) < 4.78 is 0. The fraction of sp³-hybridized carbons (Fsp3) is 0.294. The summed E-state index contributed by atoms with van der Waals surface area (Å²) in [5.74, 6) is 0.0951. The fourth-order valence-corrected chi connectivity index (χ4v) is 4.72. The highest BCUT2D eigenvalue weighted by Crippen LogP contribution is 2.39. The molecule has 6 heteroatoms. The number of hydrogen-bond acceptors (Lipinski definition) is 5. The number of benzene rings is 1. The summed E-state index contributed by atoms with van der Waals surface area (Å²) in [5, 5.41) is 22.0. The first-order valence-corrected chi connectivity index (χ1v) is 9.09. The lowest BCUT2D eigenvalue weighted by Crippen LogP contribution is -2.22. The number of phenolic OH excluding ortho intramolecular Hbond substituents is 1. The molecule has 4 nitrogen and oxygen atoms in total. The Morgan fingerprint density at radius 3 is 2.83 bits per heavy atom. The molecule has 1 aromatic carbocycles. The molecule has 23 heavy (non-hydrogen) atoms. The van der Waals surface area contributed by atoms with E-state index < -0.39 is 0 Å². The van der Waals surface area contributed by atoms with Gasteiger partial charge in [0.05, 0.1) is 10.8 Å². The normalized spacial score (nSPS) is 14.1. The molecule has 2 N–H and O–H groups in total. The minimum atomic E-state index is -0.289. The standard InChI is InChI=1S/C17H16N2O2S2/c1-10(22-12-7-5-11(20)6-8-12)16(21)19-17-14(9-18)13-3-2-4-15(13)23-17/h5-8,10,20H,2-4H2,1H3,(H,19,21)/t10-/m0/s1. The zero-order valence-corrected chi connectivity index (χ0v) is 14.3. The lowest BCUT2D eigenvalue weighted by Gasteiger charge is -2.11. The van der Waals surface area contributed by atoms with E-state index in [-0.39, 0.29) is 16.9 Å². The van der Waals surface area contributed by atoms with Crippen LogP contribution in [0.1, 0.15) is 29.3 Å². The van der Waals surface area contributed by atoms with Crippen molar-refractivity contribution in [3.63, 3.8) is 0 Å². The van der Waals surface area contributed by atoms with Crippen LogP contribution in [0.4, 0.5) is 5.00 Å². The largest absolute Gasteiger partial charge is 0.508 e. The zero-order valence-electron chi connectivity index (χ0n) is 12.6. The number of rotatable bonds is 4. The van der Waals surface area contributed by atoms with Crippen LogP contribution in [-0.4, -0.2) is 16.3 Å².